The molecule has 0 aliphatic rings. The zero-order valence-corrected chi connectivity index (χ0v) is 14.7. The Kier molecular flexibility index (Phi) is 5.91. The third kappa shape index (κ3) is 4.87. The van der Waals surface area contributed by atoms with Crippen molar-refractivity contribution in [1.29, 1.82) is 0 Å². The second-order valence-corrected chi connectivity index (χ2v) is 7.44. The van der Waals surface area contributed by atoms with Crippen molar-refractivity contribution in [2.75, 3.05) is 11.5 Å². The average Bonchev–Trinajstić information content (AvgIpc) is 2.36. The van der Waals surface area contributed by atoms with Gasteiger partial charge in [-0.3, -0.25) is 4.79 Å². The monoisotopic (exact) mass is 505 g/mol. The third-order valence-corrected chi connectivity index (χ3v) is 4.41. The molecule has 25 heavy (non-hydrogen) atoms. The summed E-state index contributed by atoms with van der Waals surface area (Å²) in [7, 11) is -6.03. The summed E-state index contributed by atoms with van der Waals surface area (Å²) in [6.45, 7) is 0. The van der Waals surface area contributed by atoms with E-state index in [0.29, 0.717) is 5.32 Å². The highest BCUT2D eigenvalue weighted by Crippen LogP contribution is 2.44. The quantitative estimate of drug-likeness (QED) is 0.282. The summed E-state index contributed by atoms with van der Waals surface area (Å²) in [6, 6.07) is 3.29. The van der Waals surface area contributed by atoms with Crippen LogP contribution in [0.25, 0.3) is 0 Å². The van der Waals surface area contributed by atoms with Gasteiger partial charge in [-0.15, -0.1) is 0 Å². The van der Waals surface area contributed by atoms with Crippen molar-refractivity contribution in [2.24, 2.45) is 0 Å². The van der Waals surface area contributed by atoms with E-state index in [0.717, 1.165) is 12.1 Å². The molecule has 1 aromatic rings. The molecule has 3 N–H and O–H groups in total. The minimum atomic E-state index is -6.32. The van der Waals surface area contributed by atoms with Gasteiger partial charge in [-0.1, -0.05) is 0 Å². The van der Waals surface area contributed by atoms with Gasteiger partial charge in [0.1, 0.15) is 0 Å². The molecule has 1 rings (SSSR count). The molecule has 0 heterocycles. The van der Waals surface area contributed by atoms with E-state index in [1.807, 2.05) is 0 Å². The first-order valence-electron chi connectivity index (χ1n) is 5.95. The van der Waals surface area contributed by atoms with E-state index in [-0.39, 0.29) is 3.57 Å². The lowest BCUT2D eigenvalue weighted by molar-refractivity contribution is -0.296. The molecule has 0 unspecified atom stereocenters. The van der Waals surface area contributed by atoms with Crippen LogP contribution in [0, 0.1) is 3.57 Å². The minimum Gasteiger partial charge on any atom is -0.748 e. The first kappa shape index (κ1) is 21.8. The summed E-state index contributed by atoms with van der Waals surface area (Å²) in [4.78, 5) is 11.9. The fourth-order valence-electron chi connectivity index (χ4n) is 1.75. The molecule has 0 saturated heterocycles. The van der Waals surface area contributed by atoms with E-state index in [1.54, 1.807) is 22.6 Å². The lowest BCUT2D eigenvalue weighted by Gasteiger charge is -2.38. The van der Waals surface area contributed by atoms with Gasteiger partial charge in [-0.25, -0.2) is 8.42 Å². The van der Waals surface area contributed by atoms with E-state index < -0.39 is 50.9 Å². The Balaban J connectivity index is 3.53. The third-order valence-electron chi connectivity index (χ3n) is 2.95. The van der Waals surface area contributed by atoms with E-state index in [2.05, 4.69) is 0 Å². The van der Waals surface area contributed by atoms with Crippen LogP contribution in [0.5, 0.6) is 0 Å². The predicted molar refractivity (Wildman–Crippen MR) is 80.4 cm³/mol. The molecular weight excluding hydrogens is 497 g/mol. The van der Waals surface area contributed by atoms with Gasteiger partial charge in [0.2, 0.25) is 5.54 Å². The van der Waals surface area contributed by atoms with Gasteiger partial charge >= 0.3 is 12.4 Å². The van der Waals surface area contributed by atoms with Crippen LogP contribution in [0.1, 0.15) is 10.4 Å². The largest absolute Gasteiger partial charge is 0.748 e. The van der Waals surface area contributed by atoms with Crippen molar-refractivity contribution in [2.45, 2.75) is 17.9 Å². The zero-order valence-electron chi connectivity index (χ0n) is 11.7. The second-order valence-electron chi connectivity index (χ2n) is 4.79. The van der Waals surface area contributed by atoms with Crippen molar-refractivity contribution in [3.8, 4) is 0 Å². The molecule has 0 aliphatic heterocycles. The molecule has 0 saturated carbocycles. The molecular formula is C11H8F6IN2O4S-. The Morgan fingerprint density at radius 3 is 2.04 bits per heavy atom. The standard InChI is InChI=1S/C11H9F6IN2O4S/c12-10(13,14)9(11(15,16)17,4-25(22,23)24)20-8(21)6-3-5(18)1-2-7(6)19/h1-3H,4,19H2,(H,20,21)(H,22,23,24)/p-1. The number of rotatable bonds is 4. The molecule has 6 nitrogen and oxygen atoms in total. The fourth-order valence-corrected chi connectivity index (χ4v) is 3.17. The Morgan fingerprint density at radius 1 is 1.16 bits per heavy atom. The molecule has 0 bridgehead atoms. The van der Waals surface area contributed by atoms with Crippen LogP contribution in [-0.4, -0.2) is 42.5 Å². The second kappa shape index (κ2) is 6.79. The molecule has 14 heteroatoms. The molecule has 0 aromatic heterocycles. The van der Waals surface area contributed by atoms with E-state index in [4.69, 9.17) is 5.73 Å². The number of nitrogen functional groups attached to an aromatic ring is 1. The molecule has 0 aliphatic carbocycles. The van der Waals surface area contributed by atoms with Crippen LogP contribution in [-0.2, 0) is 10.1 Å². The van der Waals surface area contributed by atoms with Gasteiger partial charge in [-0.05, 0) is 40.8 Å². The van der Waals surface area contributed by atoms with Crippen molar-refractivity contribution in [3.63, 3.8) is 0 Å². The maximum absolute atomic E-state index is 13.1. The number of nitrogens with two attached hydrogens (primary N) is 1. The highest BCUT2D eigenvalue weighted by atomic mass is 127. The Morgan fingerprint density at radius 2 is 1.64 bits per heavy atom. The lowest BCUT2D eigenvalue weighted by atomic mass is 9.99. The summed E-state index contributed by atoms with van der Waals surface area (Å²) in [5.74, 6) is -4.89. The number of carbonyl (C=O) groups excluding carboxylic acids is 1. The number of anilines is 1. The molecule has 0 atom stereocenters. The molecule has 1 aromatic carbocycles. The summed E-state index contributed by atoms with van der Waals surface area (Å²) >= 11 is 1.62. The summed E-state index contributed by atoms with van der Waals surface area (Å²) in [5, 5.41) is 0.600. The minimum absolute atomic E-state index is 0.262. The molecule has 142 valence electrons. The van der Waals surface area contributed by atoms with Gasteiger partial charge in [0.25, 0.3) is 5.91 Å². The number of benzene rings is 1. The topological polar surface area (TPSA) is 112 Å². The summed E-state index contributed by atoms with van der Waals surface area (Å²) in [6.07, 6.45) is -12.6. The van der Waals surface area contributed by atoms with Crippen LogP contribution < -0.4 is 11.1 Å². The van der Waals surface area contributed by atoms with Crippen LogP contribution in [0.2, 0.25) is 0 Å². The molecule has 0 spiro atoms. The Hall–Kier alpha value is -1.29. The SMILES string of the molecule is Nc1ccc(I)cc1C(=O)NC(CS(=O)(=O)[O-])(C(F)(F)F)C(F)(F)F. The van der Waals surface area contributed by atoms with Crippen LogP contribution in [0.3, 0.4) is 0 Å². The molecule has 1 amide bonds. The Bertz CT molecular complexity index is 764. The van der Waals surface area contributed by atoms with E-state index in [1.165, 1.54) is 6.07 Å². The normalized spacial score (nSPS) is 13.6. The number of alkyl halides is 6. The lowest BCUT2D eigenvalue weighted by Crippen LogP contribution is -2.70. The number of halogens is 7. The summed E-state index contributed by atoms with van der Waals surface area (Å²) in [5.41, 5.74) is -1.12. The van der Waals surface area contributed by atoms with Gasteiger partial charge < -0.3 is 15.6 Å². The van der Waals surface area contributed by atoms with Crippen LogP contribution in [0.15, 0.2) is 18.2 Å². The van der Waals surface area contributed by atoms with Crippen molar-refractivity contribution < 1.29 is 44.1 Å². The number of amides is 1. The zero-order chi connectivity index (χ0) is 19.8. The van der Waals surface area contributed by atoms with Crippen molar-refractivity contribution in [1.82, 2.24) is 5.32 Å². The van der Waals surface area contributed by atoms with Crippen LogP contribution in [0.4, 0.5) is 32.0 Å². The van der Waals surface area contributed by atoms with Gasteiger partial charge in [0.15, 0.2) is 0 Å². The van der Waals surface area contributed by atoms with Crippen molar-refractivity contribution >= 4 is 44.3 Å². The summed E-state index contributed by atoms with van der Waals surface area (Å²) < 4.78 is 111. The first-order valence-corrected chi connectivity index (χ1v) is 8.60. The van der Waals surface area contributed by atoms with E-state index >= 15 is 0 Å². The van der Waals surface area contributed by atoms with Crippen LogP contribution >= 0.6 is 22.6 Å². The average molecular weight is 505 g/mol. The van der Waals surface area contributed by atoms with E-state index in [9.17, 15) is 44.1 Å². The number of hydrogen-bond acceptors (Lipinski definition) is 5. The van der Waals surface area contributed by atoms with Gasteiger partial charge in [0.05, 0.1) is 21.4 Å². The van der Waals surface area contributed by atoms with Gasteiger partial charge in [-0.2, -0.15) is 26.3 Å². The smallest absolute Gasteiger partial charge is 0.421 e. The Labute approximate surface area is 150 Å². The maximum Gasteiger partial charge on any atom is 0.421 e. The molecule has 0 radical (unpaired) electrons. The number of hydrogen-bond donors (Lipinski definition) is 2. The predicted octanol–water partition coefficient (Wildman–Crippen LogP) is 2.01. The fraction of sp³-hybridized carbons (Fsp3) is 0.364. The number of carbonyl (C=O) groups is 1. The van der Waals surface area contributed by atoms with Crippen molar-refractivity contribution in [3.05, 3.63) is 27.3 Å². The molecule has 0 fully saturated rings. The first-order chi connectivity index (χ1) is 11.0. The highest BCUT2D eigenvalue weighted by Gasteiger charge is 2.72. The van der Waals surface area contributed by atoms with Gasteiger partial charge in [0, 0.05) is 9.26 Å². The number of nitrogens with one attached hydrogen (secondary N) is 1. The highest BCUT2D eigenvalue weighted by molar-refractivity contribution is 14.1. The maximum atomic E-state index is 13.1.